The van der Waals surface area contributed by atoms with E-state index in [1.807, 2.05) is 0 Å². The quantitative estimate of drug-likeness (QED) is 0.0688. The molecular weight excluding hydrogens is 576 g/mol. The van der Waals surface area contributed by atoms with Crippen molar-refractivity contribution in [3.05, 3.63) is 35.4 Å². The number of hydrogen-bond donors (Lipinski definition) is 6. The first-order chi connectivity index (χ1) is 15.9. The van der Waals surface area contributed by atoms with Crippen molar-refractivity contribution in [2.45, 2.75) is 117 Å². The minimum atomic E-state index is -3.81. The molecule has 0 aliphatic carbocycles. The van der Waals surface area contributed by atoms with E-state index in [2.05, 4.69) is 61.7 Å². The molecule has 0 heterocycles. The Labute approximate surface area is 236 Å². The summed E-state index contributed by atoms with van der Waals surface area (Å²) in [6.07, 6.45) is 22.3. The minimum absolute atomic E-state index is 0. The molecule has 11 heteroatoms. The van der Waals surface area contributed by atoms with Gasteiger partial charge in [0.15, 0.2) is 0 Å². The zero-order valence-corrected chi connectivity index (χ0v) is 28.1. The Kier molecular flexibility index (Phi) is 30.6. The maximum atomic E-state index is 7.56. The van der Waals surface area contributed by atoms with E-state index in [1.54, 1.807) is 11.1 Å². The van der Waals surface area contributed by atoms with Crippen LogP contribution in [0, 0.1) is 0 Å². The van der Waals surface area contributed by atoms with E-state index in [1.165, 1.54) is 103 Å². The molecule has 1 aromatic carbocycles. The monoisotopic (exact) mass is 622 g/mol. The summed E-state index contributed by atoms with van der Waals surface area (Å²) in [5, 5.41) is 0. The molecule has 0 spiro atoms. The van der Waals surface area contributed by atoms with Gasteiger partial charge in [0.2, 0.25) is 0 Å². The predicted octanol–water partition coefficient (Wildman–Crippen LogP) is 6.65. The normalized spacial score (nSPS) is 11.0. The van der Waals surface area contributed by atoms with Gasteiger partial charge in [-0.25, -0.2) is 0 Å². The van der Waals surface area contributed by atoms with Crippen LogP contribution in [0.3, 0.4) is 0 Å². The van der Waals surface area contributed by atoms with Crippen LogP contribution in [0.1, 0.15) is 115 Å². The third-order valence-electron chi connectivity index (χ3n) is 5.22. The summed E-state index contributed by atoms with van der Waals surface area (Å²) < 4.78 is 0. The van der Waals surface area contributed by atoms with Gasteiger partial charge in [-0.05, 0) is 60.4 Å². The second-order valence-corrected chi connectivity index (χ2v) is 13.5. The van der Waals surface area contributed by atoms with Gasteiger partial charge in [-0.1, -0.05) is 115 Å². The van der Waals surface area contributed by atoms with Gasteiger partial charge < -0.3 is 29.4 Å². The van der Waals surface area contributed by atoms with Gasteiger partial charge in [-0.15, -0.1) is 0 Å². The van der Waals surface area contributed by atoms with Crippen LogP contribution in [0.5, 0.6) is 0 Å². The average molecular weight is 624 g/mol. The van der Waals surface area contributed by atoms with Crippen molar-refractivity contribution in [2.24, 2.45) is 0 Å². The summed E-state index contributed by atoms with van der Waals surface area (Å²) in [4.78, 5) is 45.3. The van der Waals surface area contributed by atoms with Crippen LogP contribution in [0.25, 0.3) is 0 Å². The summed E-state index contributed by atoms with van der Waals surface area (Å²) in [7, 11) is 0. The van der Waals surface area contributed by atoms with Gasteiger partial charge in [-0.2, -0.15) is 0 Å². The van der Waals surface area contributed by atoms with Crippen LogP contribution in [0.4, 0.5) is 0 Å². The molecule has 0 aromatic heterocycles. The van der Waals surface area contributed by atoms with Gasteiger partial charge in [0.25, 0.3) is 0 Å². The fourth-order valence-corrected chi connectivity index (χ4v) is 3.59. The maximum absolute atomic E-state index is 7.56. The molecule has 0 saturated heterocycles. The van der Waals surface area contributed by atoms with Gasteiger partial charge in [0.05, 0.1) is 0 Å². The molecule has 1 aromatic rings. The Morgan fingerprint density at radius 3 is 1.00 bits per heavy atom. The molecule has 0 atom stereocenters. The van der Waals surface area contributed by atoms with Crippen molar-refractivity contribution in [3.63, 3.8) is 0 Å². The molecule has 0 unspecified atom stereocenters. The summed E-state index contributed by atoms with van der Waals surface area (Å²) in [5.74, 6) is 0. The SMILES string of the molecule is CCCCCCCCCc1ccccc1CCCCCCCCC.OP(O)(O)=S.OP(O)(O)=S.[Zn]. The number of rotatable bonds is 16. The van der Waals surface area contributed by atoms with Gasteiger partial charge in [0.1, 0.15) is 0 Å². The summed E-state index contributed by atoms with van der Waals surface area (Å²) in [6.45, 7) is -3.02. The molecule has 0 fully saturated rings. The van der Waals surface area contributed by atoms with Gasteiger partial charge in [0, 0.05) is 19.5 Å². The average Bonchev–Trinajstić information content (AvgIpc) is 2.71. The zero-order chi connectivity index (χ0) is 26.3. The Morgan fingerprint density at radius 2 is 0.743 bits per heavy atom. The number of unbranched alkanes of at least 4 members (excludes halogenated alkanes) is 12. The number of aryl methyl sites for hydroxylation is 2. The molecule has 0 saturated carbocycles. The summed E-state index contributed by atoms with van der Waals surface area (Å²) >= 11 is 7.21. The van der Waals surface area contributed by atoms with Crippen LogP contribution < -0.4 is 0 Å². The smallest absolute Gasteiger partial charge is 0.319 e. The number of hydrogen-bond acceptors (Lipinski definition) is 2. The van der Waals surface area contributed by atoms with E-state index < -0.39 is 13.4 Å². The predicted molar refractivity (Wildman–Crippen MR) is 152 cm³/mol. The fourth-order valence-electron chi connectivity index (χ4n) is 3.59. The second-order valence-electron chi connectivity index (χ2n) is 8.54. The van der Waals surface area contributed by atoms with E-state index in [9.17, 15) is 0 Å². The van der Waals surface area contributed by atoms with Crippen molar-refractivity contribution in [2.75, 3.05) is 0 Å². The van der Waals surface area contributed by atoms with Crippen molar-refractivity contribution in [1.29, 1.82) is 0 Å². The standard InChI is InChI=1S/C24H42.2H3O3PS.Zn/c1-3-5-7-9-11-13-15-19-23-21-17-18-22-24(23)20-16-14-12-10-8-6-4-2;2*1-4(2,3)5;/h17-18,21-22H,3-16,19-20H2,1-2H3;2*(H3,1,2,3,5);. The van der Waals surface area contributed by atoms with E-state index in [0.29, 0.717) is 0 Å². The van der Waals surface area contributed by atoms with Crippen molar-refractivity contribution >= 4 is 37.1 Å². The first-order valence-electron chi connectivity index (χ1n) is 12.5. The van der Waals surface area contributed by atoms with E-state index in [-0.39, 0.29) is 19.5 Å². The molecule has 0 bridgehead atoms. The summed E-state index contributed by atoms with van der Waals surface area (Å²) in [5.41, 5.74) is 3.24. The van der Waals surface area contributed by atoms with E-state index >= 15 is 0 Å². The third kappa shape index (κ3) is 42.3. The Morgan fingerprint density at radius 1 is 0.514 bits per heavy atom. The summed E-state index contributed by atoms with van der Waals surface area (Å²) in [6, 6.07) is 9.19. The molecule has 0 radical (unpaired) electrons. The molecule has 0 amide bonds. The Hall–Kier alpha value is 0.903. The molecule has 35 heavy (non-hydrogen) atoms. The first-order valence-corrected chi connectivity index (χ1v) is 17.8. The number of benzene rings is 1. The van der Waals surface area contributed by atoms with Gasteiger partial charge >= 0.3 is 13.4 Å². The van der Waals surface area contributed by atoms with E-state index in [4.69, 9.17) is 29.4 Å². The van der Waals surface area contributed by atoms with Gasteiger partial charge in [-0.3, -0.25) is 0 Å². The fraction of sp³-hybridized carbons (Fsp3) is 0.750. The molecule has 0 aliphatic heterocycles. The maximum Gasteiger partial charge on any atom is 0.319 e. The molecule has 6 N–H and O–H groups in total. The molecule has 1 rings (SSSR count). The van der Waals surface area contributed by atoms with Crippen molar-refractivity contribution < 1.29 is 48.8 Å². The largest absolute Gasteiger partial charge is 0.325 e. The molecule has 204 valence electrons. The molecular formula is C24H48O6P2S2Zn. The molecule has 0 aliphatic rings. The second kappa shape index (κ2) is 26.5. The van der Waals surface area contributed by atoms with Crippen LogP contribution >= 0.6 is 13.4 Å². The zero-order valence-electron chi connectivity index (χ0n) is 21.7. The van der Waals surface area contributed by atoms with E-state index in [0.717, 1.165) is 0 Å². The van der Waals surface area contributed by atoms with Crippen LogP contribution in [-0.4, -0.2) is 29.4 Å². The minimum Gasteiger partial charge on any atom is -0.325 e. The molecule has 6 nitrogen and oxygen atoms in total. The first kappa shape index (κ1) is 40.4. The Balaban J connectivity index is -0.000000784. The van der Waals surface area contributed by atoms with Crippen molar-refractivity contribution in [3.8, 4) is 0 Å². The van der Waals surface area contributed by atoms with Crippen LogP contribution in [0.2, 0.25) is 0 Å². The Bertz CT molecular complexity index is 612. The van der Waals surface area contributed by atoms with Crippen LogP contribution in [-0.2, 0) is 55.9 Å². The third-order valence-corrected chi connectivity index (χ3v) is 5.22. The topological polar surface area (TPSA) is 121 Å². The van der Waals surface area contributed by atoms with Crippen molar-refractivity contribution in [1.82, 2.24) is 0 Å². The van der Waals surface area contributed by atoms with Crippen LogP contribution in [0.15, 0.2) is 24.3 Å².